The number of hydrogen-bond acceptors (Lipinski definition) is 6. The molecule has 0 saturated heterocycles. The van der Waals surface area contributed by atoms with Gasteiger partial charge in [0.25, 0.3) is 11.5 Å². The Morgan fingerprint density at radius 3 is 2.74 bits per heavy atom. The van der Waals surface area contributed by atoms with Gasteiger partial charge >= 0.3 is 0 Å². The number of benzene rings is 2. The van der Waals surface area contributed by atoms with Crippen LogP contribution in [0.5, 0.6) is 11.5 Å². The number of carbonyl (C=O) groups is 1. The standard InChI is InChI=1S/C23H20N4O3S/c1-15-16(2)31-22-21(15)23(29)27(14-24-22)13-20(28)26-25-12-17-7-6-10-19(11-17)30-18-8-4-3-5-9-18/h3-12,14H,13H2,1-2H3,(H,26,28). The van der Waals surface area contributed by atoms with E-state index in [2.05, 4.69) is 15.5 Å². The topological polar surface area (TPSA) is 85.6 Å². The van der Waals surface area contributed by atoms with Crippen LogP contribution in [0.15, 0.2) is 70.8 Å². The molecule has 0 bridgehead atoms. The first-order chi connectivity index (χ1) is 15.0. The average molecular weight is 433 g/mol. The molecule has 7 nitrogen and oxygen atoms in total. The molecule has 156 valence electrons. The van der Waals surface area contributed by atoms with Gasteiger partial charge in [0.2, 0.25) is 0 Å². The smallest absolute Gasteiger partial charge is 0.262 e. The van der Waals surface area contributed by atoms with Crippen LogP contribution in [-0.4, -0.2) is 21.7 Å². The third-order valence-electron chi connectivity index (χ3n) is 4.71. The lowest BCUT2D eigenvalue weighted by Gasteiger charge is -2.06. The highest BCUT2D eigenvalue weighted by atomic mass is 32.1. The van der Waals surface area contributed by atoms with Gasteiger partial charge in [-0.1, -0.05) is 30.3 Å². The van der Waals surface area contributed by atoms with E-state index in [0.717, 1.165) is 21.8 Å². The zero-order valence-corrected chi connectivity index (χ0v) is 17.8. The molecule has 0 fully saturated rings. The summed E-state index contributed by atoms with van der Waals surface area (Å²) in [5, 5.41) is 4.55. The molecule has 1 amide bonds. The Bertz CT molecular complexity index is 1330. The van der Waals surface area contributed by atoms with Crippen molar-refractivity contribution in [2.45, 2.75) is 20.4 Å². The maximum absolute atomic E-state index is 12.7. The number of para-hydroxylation sites is 1. The number of hydrazone groups is 1. The van der Waals surface area contributed by atoms with E-state index in [-0.39, 0.29) is 12.1 Å². The molecule has 4 rings (SSSR count). The zero-order chi connectivity index (χ0) is 21.8. The zero-order valence-electron chi connectivity index (χ0n) is 17.0. The second kappa shape index (κ2) is 8.93. The molecule has 0 radical (unpaired) electrons. The fourth-order valence-electron chi connectivity index (χ4n) is 3.03. The second-order valence-corrected chi connectivity index (χ2v) is 8.13. The van der Waals surface area contributed by atoms with Crippen molar-refractivity contribution in [3.63, 3.8) is 0 Å². The molecule has 2 aromatic heterocycles. The number of aryl methyl sites for hydroxylation is 2. The molecule has 0 unspecified atom stereocenters. The quantitative estimate of drug-likeness (QED) is 0.368. The number of aromatic nitrogens is 2. The summed E-state index contributed by atoms with van der Waals surface area (Å²) in [4.78, 5) is 31.0. The van der Waals surface area contributed by atoms with Crippen LogP contribution in [-0.2, 0) is 11.3 Å². The lowest BCUT2D eigenvalue weighted by molar-refractivity contribution is -0.121. The van der Waals surface area contributed by atoms with Crippen molar-refractivity contribution in [1.82, 2.24) is 15.0 Å². The molecule has 1 N–H and O–H groups in total. The fourth-order valence-corrected chi connectivity index (χ4v) is 4.02. The van der Waals surface area contributed by atoms with E-state index in [1.807, 2.05) is 68.4 Å². The van der Waals surface area contributed by atoms with Crippen molar-refractivity contribution in [2.75, 3.05) is 0 Å². The SMILES string of the molecule is Cc1sc2ncn(CC(=O)NN=Cc3cccc(Oc4ccccc4)c3)c(=O)c2c1C. The predicted molar refractivity (Wildman–Crippen MR) is 122 cm³/mol. The van der Waals surface area contributed by atoms with Crippen molar-refractivity contribution in [3.8, 4) is 11.5 Å². The highest BCUT2D eigenvalue weighted by Crippen LogP contribution is 2.25. The Labute approximate surface area is 182 Å². The summed E-state index contributed by atoms with van der Waals surface area (Å²) in [5.41, 5.74) is 3.89. The van der Waals surface area contributed by atoms with Crippen molar-refractivity contribution in [1.29, 1.82) is 0 Å². The van der Waals surface area contributed by atoms with Crippen LogP contribution in [0, 0.1) is 13.8 Å². The summed E-state index contributed by atoms with van der Waals surface area (Å²) in [7, 11) is 0. The summed E-state index contributed by atoms with van der Waals surface area (Å²) in [6.45, 7) is 3.68. The molecule has 8 heteroatoms. The Morgan fingerprint density at radius 2 is 1.94 bits per heavy atom. The summed E-state index contributed by atoms with van der Waals surface area (Å²) in [6, 6.07) is 16.8. The third kappa shape index (κ3) is 4.70. The Morgan fingerprint density at radius 1 is 1.16 bits per heavy atom. The second-order valence-electron chi connectivity index (χ2n) is 6.92. The number of hydrogen-bond donors (Lipinski definition) is 1. The van der Waals surface area contributed by atoms with E-state index in [1.54, 1.807) is 0 Å². The Kier molecular flexibility index (Phi) is 5.90. The van der Waals surface area contributed by atoms with E-state index in [4.69, 9.17) is 4.74 Å². The number of thiophene rings is 1. The van der Waals surface area contributed by atoms with Crippen LogP contribution in [0.3, 0.4) is 0 Å². The molecule has 0 spiro atoms. The number of amides is 1. The van der Waals surface area contributed by atoms with Gasteiger partial charge in [-0.15, -0.1) is 11.3 Å². The van der Waals surface area contributed by atoms with Crippen LogP contribution >= 0.6 is 11.3 Å². The van der Waals surface area contributed by atoms with Gasteiger partial charge in [0.15, 0.2) is 0 Å². The highest BCUT2D eigenvalue weighted by molar-refractivity contribution is 7.18. The number of nitrogens with one attached hydrogen (secondary N) is 1. The third-order valence-corrected chi connectivity index (χ3v) is 5.82. The Balaban J connectivity index is 1.41. The van der Waals surface area contributed by atoms with Crippen LogP contribution < -0.4 is 15.7 Å². The first kappa shape index (κ1) is 20.5. The lowest BCUT2D eigenvalue weighted by Crippen LogP contribution is -2.30. The van der Waals surface area contributed by atoms with Gasteiger partial charge in [0.1, 0.15) is 22.9 Å². The van der Waals surface area contributed by atoms with E-state index >= 15 is 0 Å². The van der Waals surface area contributed by atoms with E-state index < -0.39 is 5.91 Å². The summed E-state index contributed by atoms with van der Waals surface area (Å²) < 4.78 is 7.08. The minimum atomic E-state index is -0.416. The van der Waals surface area contributed by atoms with E-state index in [9.17, 15) is 9.59 Å². The molecule has 31 heavy (non-hydrogen) atoms. The van der Waals surface area contributed by atoms with Gasteiger partial charge in [-0.2, -0.15) is 5.10 Å². The summed E-state index contributed by atoms with van der Waals surface area (Å²) in [6.07, 6.45) is 2.92. The number of carbonyl (C=O) groups excluding carboxylic acids is 1. The van der Waals surface area contributed by atoms with E-state index in [0.29, 0.717) is 16.0 Å². The Hall–Kier alpha value is -3.78. The largest absolute Gasteiger partial charge is 0.457 e. The lowest BCUT2D eigenvalue weighted by atomic mass is 10.2. The van der Waals surface area contributed by atoms with Crippen molar-refractivity contribution in [2.24, 2.45) is 5.10 Å². The minimum Gasteiger partial charge on any atom is -0.457 e. The van der Waals surface area contributed by atoms with Gasteiger partial charge in [-0.3, -0.25) is 14.2 Å². The van der Waals surface area contributed by atoms with Gasteiger partial charge in [-0.05, 0) is 49.2 Å². The van der Waals surface area contributed by atoms with Crippen LogP contribution in [0.4, 0.5) is 0 Å². The molecule has 2 heterocycles. The molecule has 0 saturated carbocycles. The molecule has 0 aliphatic carbocycles. The predicted octanol–water partition coefficient (Wildman–Crippen LogP) is 4.02. The summed E-state index contributed by atoms with van der Waals surface area (Å²) >= 11 is 1.47. The minimum absolute atomic E-state index is 0.162. The first-order valence-electron chi connectivity index (χ1n) is 9.61. The van der Waals surface area contributed by atoms with Crippen LogP contribution in [0.25, 0.3) is 10.2 Å². The fraction of sp³-hybridized carbons (Fsp3) is 0.130. The van der Waals surface area contributed by atoms with Gasteiger partial charge in [0.05, 0.1) is 17.9 Å². The first-order valence-corrected chi connectivity index (χ1v) is 10.4. The average Bonchev–Trinajstić information content (AvgIpc) is 3.05. The van der Waals surface area contributed by atoms with Crippen molar-refractivity contribution < 1.29 is 9.53 Å². The van der Waals surface area contributed by atoms with Gasteiger partial charge in [0, 0.05) is 4.88 Å². The highest BCUT2D eigenvalue weighted by Gasteiger charge is 2.13. The van der Waals surface area contributed by atoms with Gasteiger partial charge in [-0.25, -0.2) is 10.4 Å². The molecular weight excluding hydrogens is 412 g/mol. The molecule has 0 aliphatic rings. The van der Waals surface area contributed by atoms with Crippen molar-refractivity contribution >= 4 is 33.7 Å². The number of fused-ring (bicyclic) bond motifs is 1. The van der Waals surface area contributed by atoms with E-state index in [1.165, 1.54) is 28.4 Å². The monoisotopic (exact) mass is 432 g/mol. The summed E-state index contributed by atoms with van der Waals surface area (Å²) in [5.74, 6) is 0.978. The normalized spacial score (nSPS) is 11.2. The molecular formula is C23H20N4O3S. The molecule has 2 aromatic carbocycles. The number of nitrogens with zero attached hydrogens (tertiary/aromatic N) is 3. The number of rotatable bonds is 6. The maximum atomic E-state index is 12.7. The molecule has 4 aromatic rings. The van der Waals surface area contributed by atoms with Crippen LogP contribution in [0.1, 0.15) is 16.0 Å². The maximum Gasteiger partial charge on any atom is 0.262 e. The molecule has 0 aliphatic heterocycles. The van der Waals surface area contributed by atoms with Gasteiger partial charge < -0.3 is 4.74 Å². The number of ether oxygens (including phenoxy) is 1. The van der Waals surface area contributed by atoms with Crippen molar-refractivity contribution in [3.05, 3.63) is 87.3 Å². The van der Waals surface area contributed by atoms with Crippen LogP contribution in [0.2, 0.25) is 0 Å². The molecule has 0 atom stereocenters.